The van der Waals surface area contributed by atoms with E-state index in [1.165, 1.54) is 11.8 Å². The second-order valence-electron chi connectivity index (χ2n) is 5.57. The van der Waals surface area contributed by atoms with Gasteiger partial charge in [0.15, 0.2) is 11.0 Å². The second kappa shape index (κ2) is 6.58. The van der Waals surface area contributed by atoms with Crippen LogP contribution in [0, 0.1) is 11.8 Å². The second-order valence-corrected chi connectivity index (χ2v) is 6.51. The van der Waals surface area contributed by atoms with Gasteiger partial charge in [-0.05, 0) is 31.1 Å². The van der Waals surface area contributed by atoms with E-state index >= 15 is 0 Å². The minimum absolute atomic E-state index is 0.0406. The first-order chi connectivity index (χ1) is 9.52. The number of carboxylic acid groups (broad SMARTS) is 1. The summed E-state index contributed by atoms with van der Waals surface area (Å²) >= 11 is 1.17. The Morgan fingerprint density at radius 2 is 2.15 bits per heavy atom. The number of thioether (sulfide) groups is 1. The van der Waals surface area contributed by atoms with E-state index in [0.29, 0.717) is 22.8 Å². The van der Waals surface area contributed by atoms with Gasteiger partial charge in [0.05, 0.1) is 5.75 Å². The summed E-state index contributed by atoms with van der Waals surface area (Å²) < 4.78 is 1.95. The average molecular weight is 299 g/mol. The molecule has 1 aromatic heterocycles. The molecule has 6 nitrogen and oxygen atoms in total. The zero-order valence-electron chi connectivity index (χ0n) is 11.8. The molecule has 0 radical (unpaired) electrons. The van der Waals surface area contributed by atoms with Crippen molar-refractivity contribution in [2.75, 3.05) is 5.75 Å². The molecule has 0 aliphatic heterocycles. The van der Waals surface area contributed by atoms with Gasteiger partial charge in [-0.2, -0.15) is 0 Å². The Labute approximate surface area is 122 Å². The molecule has 3 unspecified atom stereocenters. The summed E-state index contributed by atoms with van der Waals surface area (Å²) in [5, 5.41) is 26.9. The first kappa shape index (κ1) is 15.3. The molecule has 3 atom stereocenters. The Kier molecular flexibility index (Phi) is 5.04. The molecule has 1 heterocycles. The predicted molar refractivity (Wildman–Crippen MR) is 75.5 cm³/mol. The maximum atomic E-state index is 10.7. The zero-order chi connectivity index (χ0) is 14.7. The molecule has 0 aromatic carbocycles. The molecule has 0 bridgehead atoms. The van der Waals surface area contributed by atoms with Crippen LogP contribution in [0.3, 0.4) is 0 Å². The Hall–Kier alpha value is -1.08. The van der Waals surface area contributed by atoms with Gasteiger partial charge in [0.2, 0.25) is 0 Å². The average Bonchev–Trinajstić information content (AvgIpc) is 2.79. The van der Waals surface area contributed by atoms with Crippen LogP contribution in [0.4, 0.5) is 0 Å². The minimum Gasteiger partial charge on any atom is -0.481 e. The molecule has 1 aliphatic rings. The fourth-order valence-electron chi connectivity index (χ4n) is 3.01. The highest BCUT2D eigenvalue weighted by Gasteiger charge is 2.30. The standard InChI is InChI=1S/C13H21N3O3S/c1-8-3-4-10(9(2)5-8)16-11(6-17)14-15-13(16)20-7-12(18)19/h8-10,17H,3-7H2,1-2H3,(H,18,19). The van der Waals surface area contributed by atoms with Crippen molar-refractivity contribution in [3.8, 4) is 0 Å². The topological polar surface area (TPSA) is 88.2 Å². The summed E-state index contributed by atoms with van der Waals surface area (Å²) in [6.45, 7) is 4.29. The maximum absolute atomic E-state index is 10.7. The summed E-state index contributed by atoms with van der Waals surface area (Å²) in [6, 6.07) is 0.250. The van der Waals surface area contributed by atoms with Gasteiger partial charge in [0.25, 0.3) is 0 Å². The lowest BCUT2D eigenvalue weighted by atomic mass is 9.80. The summed E-state index contributed by atoms with van der Waals surface area (Å²) in [5.41, 5.74) is 0. The molecular weight excluding hydrogens is 278 g/mol. The zero-order valence-corrected chi connectivity index (χ0v) is 12.6. The molecule has 20 heavy (non-hydrogen) atoms. The molecule has 7 heteroatoms. The summed E-state index contributed by atoms with van der Waals surface area (Å²) in [6.07, 6.45) is 3.30. The SMILES string of the molecule is CC1CCC(n2c(CO)nnc2SCC(=O)O)C(C)C1. The summed E-state index contributed by atoms with van der Waals surface area (Å²) in [7, 11) is 0. The normalized spacial score (nSPS) is 26.6. The van der Waals surface area contributed by atoms with Crippen molar-refractivity contribution >= 4 is 17.7 Å². The molecule has 1 aliphatic carbocycles. The number of aliphatic hydroxyl groups is 1. The van der Waals surface area contributed by atoms with Crippen LogP contribution in [0.15, 0.2) is 5.16 Å². The molecule has 0 saturated heterocycles. The van der Waals surface area contributed by atoms with Gasteiger partial charge < -0.3 is 14.8 Å². The number of hydrogen-bond acceptors (Lipinski definition) is 5. The van der Waals surface area contributed by atoms with Crippen molar-refractivity contribution in [2.24, 2.45) is 11.8 Å². The Morgan fingerprint density at radius 3 is 2.75 bits per heavy atom. The highest BCUT2D eigenvalue weighted by atomic mass is 32.2. The molecular formula is C13H21N3O3S. The number of hydrogen-bond donors (Lipinski definition) is 2. The monoisotopic (exact) mass is 299 g/mol. The fourth-order valence-corrected chi connectivity index (χ4v) is 3.74. The van der Waals surface area contributed by atoms with Gasteiger partial charge in [0.1, 0.15) is 6.61 Å². The van der Waals surface area contributed by atoms with Crippen LogP contribution in [0.5, 0.6) is 0 Å². The quantitative estimate of drug-likeness (QED) is 0.808. The van der Waals surface area contributed by atoms with E-state index in [1.807, 2.05) is 4.57 Å². The number of carbonyl (C=O) groups is 1. The van der Waals surface area contributed by atoms with Gasteiger partial charge in [0, 0.05) is 6.04 Å². The smallest absolute Gasteiger partial charge is 0.313 e. The molecule has 0 spiro atoms. The summed E-state index contributed by atoms with van der Waals surface area (Å²) in [4.78, 5) is 10.7. The third-order valence-electron chi connectivity index (χ3n) is 3.92. The van der Waals surface area contributed by atoms with Gasteiger partial charge in [-0.1, -0.05) is 25.6 Å². The largest absolute Gasteiger partial charge is 0.481 e. The lowest BCUT2D eigenvalue weighted by molar-refractivity contribution is -0.133. The minimum atomic E-state index is -0.875. The van der Waals surface area contributed by atoms with Crippen LogP contribution < -0.4 is 0 Å². The molecule has 112 valence electrons. The van der Waals surface area contributed by atoms with Crippen molar-refractivity contribution in [3.05, 3.63) is 5.82 Å². The lowest BCUT2D eigenvalue weighted by Crippen LogP contribution is -2.26. The predicted octanol–water partition coefficient (Wildman–Crippen LogP) is 1.94. The van der Waals surface area contributed by atoms with Crippen LogP contribution in [0.25, 0.3) is 0 Å². The van der Waals surface area contributed by atoms with Gasteiger partial charge in [-0.25, -0.2) is 0 Å². The highest BCUT2D eigenvalue weighted by molar-refractivity contribution is 7.99. The Balaban J connectivity index is 2.23. The number of nitrogens with zero attached hydrogens (tertiary/aromatic N) is 3. The molecule has 0 amide bonds. The van der Waals surface area contributed by atoms with Crippen molar-refractivity contribution in [1.29, 1.82) is 0 Å². The van der Waals surface area contributed by atoms with E-state index < -0.39 is 5.97 Å². The van der Waals surface area contributed by atoms with Crippen molar-refractivity contribution in [1.82, 2.24) is 14.8 Å². The number of carboxylic acids is 1. The van der Waals surface area contributed by atoms with E-state index in [4.69, 9.17) is 5.11 Å². The van der Waals surface area contributed by atoms with Gasteiger partial charge in [-0.3, -0.25) is 4.79 Å². The maximum Gasteiger partial charge on any atom is 0.313 e. The van der Waals surface area contributed by atoms with E-state index in [0.717, 1.165) is 19.3 Å². The molecule has 1 aromatic rings. The first-order valence-corrected chi connectivity index (χ1v) is 7.90. The number of aliphatic hydroxyl groups excluding tert-OH is 1. The number of aliphatic carboxylic acids is 1. The van der Waals surface area contributed by atoms with Gasteiger partial charge >= 0.3 is 5.97 Å². The molecule has 1 fully saturated rings. The third kappa shape index (κ3) is 3.32. The van der Waals surface area contributed by atoms with Crippen LogP contribution >= 0.6 is 11.8 Å². The molecule has 2 rings (SSSR count). The van der Waals surface area contributed by atoms with Gasteiger partial charge in [-0.15, -0.1) is 10.2 Å². The van der Waals surface area contributed by atoms with E-state index in [2.05, 4.69) is 24.0 Å². The number of aromatic nitrogens is 3. The Morgan fingerprint density at radius 1 is 1.40 bits per heavy atom. The number of rotatable bonds is 5. The van der Waals surface area contributed by atoms with Crippen molar-refractivity contribution in [3.63, 3.8) is 0 Å². The lowest BCUT2D eigenvalue weighted by Gasteiger charge is -2.34. The molecule has 1 saturated carbocycles. The Bertz CT molecular complexity index is 477. The van der Waals surface area contributed by atoms with E-state index in [-0.39, 0.29) is 18.4 Å². The van der Waals surface area contributed by atoms with E-state index in [1.54, 1.807) is 0 Å². The van der Waals surface area contributed by atoms with Crippen molar-refractivity contribution < 1.29 is 15.0 Å². The molecule has 2 N–H and O–H groups in total. The fraction of sp³-hybridized carbons (Fsp3) is 0.769. The van der Waals surface area contributed by atoms with Crippen molar-refractivity contribution in [2.45, 2.75) is 50.9 Å². The van der Waals surface area contributed by atoms with Crippen LogP contribution in [-0.2, 0) is 11.4 Å². The third-order valence-corrected chi connectivity index (χ3v) is 4.85. The first-order valence-electron chi connectivity index (χ1n) is 6.92. The van der Waals surface area contributed by atoms with Crippen LogP contribution in [0.1, 0.15) is 45.0 Å². The highest BCUT2D eigenvalue weighted by Crippen LogP contribution is 2.39. The van der Waals surface area contributed by atoms with Crippen LogP contribution in [0.2, 0.25) is 0 Å². The van der Waals surface area contributed by atoms with Crippen LogP contribution in [-0.4, -0.2) is 36.7 Å². The van der Waals surface area contributed by atoms with E-state index in [9.17, 15) is 9.90 Å². The summed E-state index contributed by atoms with van der Waals surface area (Å²) in [5.74, 6) is 0.806.